The monoisotopic (exact) mass is 286 g/mol. The smallest absolute Gasteiger partial charge is 0.313 e. The quantitative estimate of drug-likeness (QED) is 0.711. The average molecular weight is 286 g/mol. The van der Waals surface area contributed by atoms with Crippen LogP contribution in [0.15, 0.2) is 18.2 Å². The van der Waals surface area contributed by atoms with Crippen molar-refractivity contribution < 1.29 is 23.5 Å². The van der Waals surface area contributed by atoms with Crippen LogP contribution in [0.25, 0.3) is 0 Å². The summed E-state index contributed by atoms with van der Waals surface area (Å²) in [5.41, 5.74) is -0.141. The Morgan fingerprint density at radius 3 is 2.30 bits per heavy atom. The topological polar surface area (TPSA) is 78.4 Å². The van der Waals surface area contributed by atoms with Gasteiger partial charge in [-0.3, -0.25) is 9.59 Å². The molecule has 0 aliphatic carbocycles. The highest BCUT2D eigenvalue weighted by atomic mass is 19.1. The van der Waals surface area contributed by atoms with E-state index in [1.165, 1.54) is 0 Å². The van der Waals surface area contributed by atoms with Crippen LogP contribution in [0, 0.1) is 11.6 Å². The Labute approximate surface area is 115 Å². The number of rotatable bonds is 5. The summed E-state index contributed by atoms with van der Waals surface area (Å²) in [5, 5.41) is 13.3. The highest BCUT2D eigenvalue weighted by Gasteiger charge is 2.18. The van der Waals surface area contributed by atoms with Crippen LogP contribution >= 0.6 is 0 Å². The Kier molecular flexibility index (Phi) is 6.05. The number of aliphatic hydroxyl groups excluding tert-OH is 1. The summed E-state index contributed by atoms with van der Waals surface area (Å²) in [6, 6.07) is 2.13. The van der Waals surface area contributed by atoms with Crippen molar-refractivity contribution in [3.05, 3.63) is 29.8 Å². The molecule has 0 aromatic heterocycles. The molecule has 20 heavy (non-hydrogen) atoms. The zero-order valence-electron chi connectivity index (χ0n) is 11.0. The van der Waals surface area contributed by atoms with Crippen molar-refractivity contribution in [2.24, 2.45) is 0 Å². The second kappa shape index (κ2) is 7.54. The van der Waals surface area contributed by atoms with Crippen LogP contribution in [-0.4, -0.2) is 29.6 Å². The van der Waals surface area contributed by atoms with E-state index in [0.29, 0.717) is 18.9 Å². The van der Waals surface area contributed by atoms with Crippen molar-refractivity contribution in [2.45, 2.75) is 25.8 Å². The molecular formula is C13H16F2N2O3. The summed E-state index contributed by atoms with van der Waals surface area (Å²) < 4.78 is 25.8. The minimum atomic E-state index is -1.02. The Hall–Kier alpha value is -2.02. The minimum absolute atomic E-state index is 0.116. The number of hydrogen-bond donors (Lipinski definition) is 3. The van der Waals surface area contributed by atoms with Crippen molar-refractivity contribution in [3.63, 3.8) is 0 Å². The molecule has 1 unspecified atom stereocenters. The van der Waals surface area contributed by atoms with Crippen LogP contribution in [0.5, 0.6) is 0 Å². The van der Waals surface area contributed by atoms with Gasteiger partial charge in [-0.1, -0.05) is 6.92 Å². The number of anilines is 1. The maximum atomic E-state index is 12.9. The zero-order chi connectivity index (χ0) is 15.1. The number of aliphatic hydroxyl groups is 1. The molecule has 0 aliphatic rings. The van der Waals surface area contributed by atoms with E-state index in [1.54, 1.807) is 6.92 Å². The van der Waals surface area contributed by atoms with Gasteiger partial charge >= 0.3 is 11.8 Å². The molecular weight excluding hydrogens is 270 g/mol. The molecule has 1 aromatic rings. The van der Waals surface area contributed by atoms with Crippen LogP contribution in [0.4, 0.5) is 14.5 Å². The van der Waals surface area contributed by atoms with Gasteiger partial charge in [-0.05, 0) is 25.0 Å². The normalized spacial score (nSPS) is 11.8. The first-order valence-electron chi connectivity index (χ1n) is 6.15. The number of carbonyl (C=O) groups is 2. The summed E-state index contributed by atoms with van der Waals surface area (Å²) in [4.78, 5) is 23.1. The van der Waals surface area contributed by atoms with Crippen molar-refractivity contribution in [1.82, 2.24) is 5.32 Å². The number of halogens is 2. The van der Waals surface area contributed by atoms with Crippen LogP contribution in [0.1, 0.15) is 19.8 Å². The van der Waals surface area contributed by atoms with Crippen molar-refractivity contribution in [3.8, 4) is 0 Å². The fraction of sp³-hybridized carbons (Fsp3) is 0.385. The van der Waals surface area contributed by atoms with Crippen molar-refractivity contribution >= 4 is 17.5 Å². The summed E-state index contributed by atoms with van der Waals surface area (Å²) in [6.45, 7) is 1.68. The lowest BCUT2D eigenvalue weighted by Gasteiger charge is -2.15. The Morgan fingerprint density at radius 1 is 1.20 bits per heavy atom. The highest BCUT2D eigenvalue weighted by molar-refractivity contribution is 6.39. The van der Waals surface area contributed by atoms with Gasteiger partial charge < -0.3 is 15.7 Å². The second-order valence-electron chi connectivity index (χ2n) is 4.20. The first kappa shape index (κ1) is 16.0. The number of nitrogens with one attached hydrogen (secondary N) is 2. The third-order valence-electron chi connectivity index (χ3n) is 2.63. The molecule has 110 valence electrons. The summed E-state index contributed by atoms with van der Waals surface area (Å²) in [7, 11) is 0. The molecule has 1 aromatic carbocycles. The van der Waals surface area contributed by atoms with Gasteiger partial charge in [-0.25, -0.2) is 8.78 Å². The van der Waals surface area contributed by atoms with E-state index in [-0.39, 0.29) is 18.3 Å². The first-order valence-corrected chi connectivity index (χ1v) is 6.15. The standard InChI is InChI=1S/C13H16F2N2O3/c1-2-10(3-4-18)16-12(19)13(20)17-11-6-8(14)5-9(15)7-11/h5-7,10,18H,2-4H2,1H3,(H,16,19)(H,17,20). The maximum absolute atomic E-state index is 12.9. The number of benzene rings is 1. The van der Waals surface area contributed by atoms with E-state index >= 15 is 0 Å². The molecule has 0 spiro atoms. The predicted octanol–water partition coefficient (Wildman–Crippen LogP) is 1.18. The molecule has 0 heterocycles. The average Bonchev–Trinajstić information content (AvgIpc) is 2.36. The third kappa shape index (κ3) is 4.93. The van der Waals surface area contributed by atoms with Gasteiger partial charge in [0.2, 0.25) is 0 Å². The molecule has 0 fully saturated rings. The maximum Gasteiger partial charge on any atom is 0.313 e. The molecule has 5 nitrogen and oxygen atoms in total. The van der Waals surface area contributed by atoms with Crippen molar-refractivity contribution in [2.75, 3.05) is 11.9 Å². The molecule has 0 radical (unpaired) electrons. The largest absolute Gasteiger partial charge is 0.396 e. The van der Waals surface area contributed by atoms with Gasteiger partial charge in [0.05, 0.1) is 0 Å². The Bertz CT molecular complexity index is 474. The molecule has 3 N–H and O–H groups in total. The van der Waals surface area contributed by atoms with Gasteiger partial charge in [0.15, 0.2) is 0 Å². The molecule has 0 bridgehead atoms. The van der Waals surface area contributed by atoms with E-state index in [0.717, 1.165) is 12.1 Å². The third-order valence-corrected chi connectivity index (χ3v) is 2.63. The van der Waals surface area contributed by atoms with E-state index in [1.807, 2.05) is 0 Å². The number of amides is 2. The Balaban J connectivity index is 2.63. The van der Waals surface area contributed by atoms with Gasteiger partial charge in [-0.15, -0.1) is 0 Å². The summed E-state index contributed by atoms with van der Waals surface area (Å²) in [6.07, 6.45) is 0.873. The minimum Gasteiger partial charge on any atom is -0.396 e. The zero-order valence-corrected chi connectivity index (χ0v) is 11.0. The van der Waals surface area contributed by atoms with E-state index in [4.69, 9.17) is 5.11 Å². The second-order valence-corrected chi connectivity index (χ2v) is 4.20. The van der Waals surface area contributed by atoms with E-state index < -0.39 is 23.4 Å². The highest BCUT2D eigenvalue weighted by Crippen LogP contribution is 2.12. The van der Waals surface area contributed by atoms with Crippen LogP contribution < -0.4 is 10.6 Å². The van der Waals surface area contributed by atoms with Gasteiger partial charge in [0, 0.05) is 24.4 Å². The molecule has 0 aliphatic heterocycles. The molecule has 0 saturated heterocycles. The molecule has 1 rings (SSSR count). The fourth-order valence-corrected chi connectivity index (χ4v) is 1.60. The molecule has 2 amide bonds. The van der Waals surface area contributed by atoms with E-state index in [2.05, 4.69) is 10.6 Å². The van der Waals surface area contributed by atoms with Gasteiger partial charge in [0.25, 0.3) is 0 Å². The number of carbonyl (C=O) groups excluding carboxylic acids is 2. The Morgan fingerprint density at radius 2 is 1.80 bits per heavy atom. The van der Waals surface area contributed by atoms with Crippen molar-refractivity contribution in [1.29, 1.82) is 0 Å². The first-order chi connectivity index (χ1) is 9.46. The van der Waals surface area contributed by atoms with Crippen LogP contribution in [-0.2, 0) is 9.59 Å². The SMILES string of the molecule is CCC(CCO)NC(=O)C(=O)Nc1cc(F)cc(F)c1. The molecule has 1 atom stereocenters. The summed E-state index contributed by atoms with van der Waals surface area (Å²) >= 11 is 0. The lowest BCUT2D eigenvalue weighted by molar-refractivity contribution is -0.136. The summed E-state index contributed by atoms with van der Waals surface area (Å²) in [5.74, 6) is -3.65. The van der Waals surface area contributed by atoms with Gasteiger partial charge in [-0.2, -0.15) is 0 Å². The molecule has 7 heteroatoms. The van der Waals surface area contributed by atoms with Crippen LogP contribution in [0.3, 0.4) is 0 Å². The fourth-order valence-electron chi connectivity index (χ4n) is 1.60. The lowest BCUT2D eigenvalue weighted by atomic mass is 10.1. The number of hydrogen-bond acceptors (Lipinski definition) is 3. The van der Waals surface area contributed by atoms with Crippen LogP contribution in [0.2, 0.25) is 0 Å². The predicted molar refractivity (Wildman–Crippen MR) is 68.9 cm³/mol. The lowest BCUT2D eigenvalue weighted by Crippen LogP contribution is -2.42. The van der Waals surface area contributed by atoms with E-state index in [9.17, 15) is 18.4 Å². The van der Waals surface area contributed by atoms with Gasteiger partial charge in [0.1, 0.15) is 11.6 Å². The molecule has 0 saturated carbocycles.